The Labute approximate surface area is 123 Å². The zero-order chi connectivity index (χ0) is 13.9. The maximum absolute atomic E-state index is 3.60. The zero-order valence-corrected chi connectivity index (χ0v) is 12.9. The molecule has 1 heterocycles. The molecule has 1 N–H and O–H groups in total. The van der Waals surface area contributed by atoms with Crippen LogP contribution in [0.2, 0.25) is 0 Å². The second-order valence-corrected chi connectivity index (χ2v) is 6.88. The normalized spacial score (nSPS) is 26.9. The van der Waals surface area contributed by atoms with E-state index in [1.54, 1.807) is 11.1 Å². The summed E-state index contributed by atoms with van der Waals surface area (Å²) in [7, 11) is 0. The first-order valence-corrected chi connectivity index (χ1v) is 8.26. The molecule has 1 aromatic rings. The smallest absolute Gasteiger partial charge is 0.0139 e. The van der Waals surface area contributed by atoms with Crippen LogP contribution in [-0.2, 0) is 12.8 Å². The van der Waals surface area contributed by atoms with E-state index >= 15 is 0 Å². The Balaban J connectivity index is 1.54. The Bertz CT molecular complexity index is 441. The maximum Gasteiger partial charge on any atom is 0.0139 e. The van der Waals surface area contributed by atoms with Crippen LogP contribution in [-0.4, -0.2) is 36.6 Å². The molecule has 2 heteroatoms. The quantitative estimate of drug-likeness (QED) is 0.906. The van der Waals surface area contributed by atoms with Crippen LogP contribution in [0.1, 0.15) is 37.8 Å². The third-order valence-corrected chi connectivity index (χ3v) is 4.97. The van der Waals surface area contributed by atoms with Crippen molar-refractivity contribution in [3.8, 4) is 0 Å². The van der Waals surface area contributed by atoms with Crippen LogP contribution in [0.25, 0.3) is 0 Å². The summed E-state index contributed by atoms with van der Waals surface area (Å²) in [5.74, 6) is 0.856. The van der Waals surface area contributed by atoms with Crippen molar-refractivity contribution >= 4 is 0 Å². The van der Waals surface area contributed by atoms with Crippen LogP contribution in [0, 0.1) is 5.92 Å². The minimum absolute atomic E-state index is 0.616. The van der Waals surface area contributed by atoms with E-state index in [1.807, 2.05) is 0 Å². The monoisotopic (exact) mass is 272 g/mol. The van der Waals surface area contributed by atoms with Gasteiger partial charge in [0, 0.05) is 18.6 Å². The molecule has 0 spiro atoms. The molecule has 2 atom stereocenters. The summed E-state index contributed by atoms with van der Waals surface area (Å²) in [4.78, 5) is 2.75. The van der Waals surface area contributed by atoms with Crippen LogP contribution in [0.15, 0.2) is 24.3 Å². The summed E-state index contributed by atoms with van der Waals surface area (Å²) in [6.07, 6.45) is 5.26. The van der Waals surface area contributed by atoms with E-state index in [9.17, 15) is 0 Å². The molecule has 3 rings (SSSR count). The molecule has 1 fully saturated rings. The number of hydrogen-bond acceptors (Lipinski definition) is 2. The van der Waals surface area contributed by atoms with E-state index in [0.29, 0.717) is 6.04 Å². The lowest BCUT2D eigenvalue weighted by Crippen LogP contribution is -2.38. The van der Waals surface area contributed by atoms with Crippen molar-refractivity contribution < 1.29 is 0 Å². The summed E-state index contributed by atoms with van der Waals surface area (Å²) < 4.78 is 0. The number of rotatable bonds is 4. The molecule has 2 nitrogen and oxygen atoms in total. The van der Waals surface area contributed by atoms with Gasteiger partial charge in [0.15, 0.2) is 0 Å². The molecule has 1 aliphatic heterocycles. The van der Waals surface area contributed by atoms with Gasteiger partial charge in [-0.2, -0.15) is 0 Å². The molecule has 1 aliphatic carbocycles. The molecule has 1 aromatic carbocycles. The highest BCUT2D eigenvalue weighted by Crippen LogP contribution is 2.28. The Morgan fingerprint density at radius 3 is 2.80 bits per heavy atom. The Hall–Kier alpha value is -0.860. The summed E-state index contributed by atoms with van der Waals surface area (Å²) in [5.41, 5.74) is 3.17. The van der Waals surface area contributed by atoms with Gasteiger partial charge >= 0.3 is 0 Å². The Morgan fingerprint density at radius 2 is 2.00 bits per heavy atom. The number of hydrogen-bond donors (Lipinski definition) is 1. The fourth-order valence-electron chi connectivity index (χ4n) is 3.75. The molecule has 0 radical (unpaired) electrons. The van der Waals surface area contributed by atoms with Crippen molar-refractivity contribution in [3.63, 3.8) is 0 Å². The summed E-state index contributed by atoms with van der Waals surface area (Å²) in [6.45, 7) is 8.27. The van der Waals surface area contributed by atoms with E-state index in [-0.39, 0.29) is 0 Å². The summed E-state index contributed by atoms with van der Waals surface area (Å²) >= 11 is 0. The van der Waals surface area contributed by atoms with Gasteiger partial charge in [-0.25, -0.2) is 0 Å². The van der Waals surface area contributed by atoms with Crippen molar-refractivity contribution in [1.29, 1.82) is 0 Å². The standard InChI is InChI=1S/C18H28N2/c1-14(2)19-12-15-9-10-20(13-15)18-8-7-16-5-3-4-6-17(16)11-18/h3-6,14-15,18-19H,7-13H2,1-2H3. The number of benzene rings is 1. The third kappa shape index (κ3) is 3.24. The van der Waals surface area contributed by atoms with Gasteiger partial charge in [0.1, 0.15) is 0 Å². The topological polar surface area (TPSA) is 15.3 Å². The molecule has 2 aliphatic rings. The number of fused-ring (bicyclic) bond motifs is 1. The molecule has 0 aromatic heterocycles. The lowest BCUT2D eigenvalue weighted by Gasteiger charge is -2.32. The van der Waals surface area contributed by atoms with Crippen molar-refractivity contribution in [3.05, 3.63) is 35.4 Å². The fourth-order valence-corrected chi connectivity index (χ4v) is 3.75. The lowest BCUT2D eigenvalue weighted by atomic mass is 9.87. The van der Waals surface area contributed by atoms with Gasteiger partial charge in [-0.3, -0.25) is 4.90 Å². The molecule has 20 heavy (non-hydrogen) atoms. The fraction of sp³-hybridized carbons (Fsp3) is 0.667. The molecule has 1 saturated heterocycles. The predicted octanol–water partition coefficient (Wildman–Crippen LogP) is 2.86. The summed E-state index contributed by atoms with van der Waals surface area (Å²) in [6, 6.07) is 10.4. The van der Waals surface area contributed by atoms with Gasteiger partial charge in [-0.1, -0.05) is 38.1 Å². The van der Waals surface area contributed by atoms with E-state index < -0.39 is 0 Å². The first-order chi connectivity index (χ1) is 9.72. The number of aryl methyl sites for hydroxylation is 1. The first kappa shape index (κ1) is 14.1. The lowest BCUT2D eigenvalue weighted by molar-refractivity contribution is 0.213. The molecule has 0 bridgehead atoms. The first-order valence-electron chi connectivity index (χ1n) is 8.26. The largest absolute Gasteiger partial charge is 0.314 e. The summed E-state index contributed by atoms with van der Waals surface area (Å²) in [5, 5.41) is 3.60. The van der Waals surface area contributed by atoms with Crippen molar-refractivity contribution in [2.24, 2.45) is 5.92 Å². The van der Waals surface area contributed by atoms with Gasteiger partial charge in [0.2, 0.25) is 0 Å². The molecule has 0 amide bonds. The van der Waals surface area contributed by atoms with Crippen LogP contribution >= 0.6 is 0 Å². The van der Waals surface area contributed by atoms with Crippen molar-refractivity contribution in [2.75, 3.05) is 19.6 Å². The van der Waals surface area contributed by atoms with Gasteiger partial charge in [-0.15, -0.1) is 0 Å². The van der Waals surface area contributed by atoms with Gasteiger partial charge < -0.3 is 5.32 Å². The van der Waals surface area contributed by atoms with Crippen LogP contribution in [0.5, 0.6) is 0 Å². The highest BCUT2D eigenvalue weighted by Gasteiger charge is 2.30. The van der Waals surface area contributed by atoms with Gasteiger partial charge in [0.05, 0.1) is 0 Å². The minimum atomic E-state index is 0.616. The second kappa shape index (κ2) is 6.28. The average Bonchev–Trinajstić information content (AvgIpc) is 2.93. The van der Waals surface area contributed by atoms with E-state index in [4.69, 9.17) is 0 Å². The van der Waals surface area contributed by atoms with Crippen molar-refractivity contribution in [2.45, 2.75) is 51.6 Å². The van der Waals surface area contributed by atoms with Crippen LogP contribution < -0.4 is 5.32 Å². The molecule has 2 unspecified atom stereocenters. The maximum atomic E-state index is 3.60. The predicted molar refractivity (Wildman–Crippen MR) is 85.1 cm³/mol. The number of nitrogens with one attached hydrogen (secondary N) is 1. The van der Waals surface area contributed by atoms with E-state index in [1.165, 1.54) is 45.3 Å². The van der Waals surface area contributed by atoms with Crippen LogP contribution in [0.3, 0.4) is 0 Å². The highest BCUT2D eigenvalue weighted by atomic mass is 15.2. The molecular formula is C18H28N2. The SMILES string of the molecule is CC(C)NCC1CCN(C2CCc3ccccc3C2)C1. The van der Waals surface area contributed by atoms with E-state index in [2.05, 4.69) is 48.3 Å². The average molecular weight is 272 g/mol. The molecule has 110 valence electrons. The van der Waals surface area contributed by atoms with Gasteiger partial charge in [0.25, 0.3) is 0 Å². The highest BCUT2D eigenvalue weighted by molar-refractivity contribution is 5.30. The third-order valence-electron chi connectivity index (χ3n) is 4.97. The van der Waals surface area contributed by atoms with Crippen molar-refractivity contribution in [1.82, 2.24) is 10.2 Å². The van der Waals surface area contributed by atoms with E-state index in [0.717, 1.165) is 12.0 Å². The Kier molecular flexibility index (Phi) is 4.42. The second-order valence-electron chi connectivity index (χ2n) is 6.88. The molecular weight excluding hydrogens is 244 g/mol. The zero-order valence-electron chi connectivity index (χ0n) is 12.9. The minimum Gasteiger partial charge on any atom is -0.314 e. The number of likely N-dealkylation sites (tertiary alicyclic amines) is 1. The van der Waals surface area contributed by atoms with Gasteiger partial charge in [-0.05, 0) is 55.8 Å². The molecule has 0 saturated carbocycles. The Morgan fingerprint density at radius 1 is 1.20 bits per heavy atom. The van der Waals surface area contributed by atoms with Crippen LogP contribution in [0.4, 0.5) is 0 Å². The number of nitrogens with zero attached hydrogens (tertiary/aromatic N) is 1.